The van der Waals surface area contributed by atoms with Crippen LogP contribution in [0, 0.1) is 0 Å². The molecule has 1 aliphatic rings. The Morgan fingerprint density at radius 2 is 2.42 bits per heavy atom. The van der Waals surface area contributed by atoms with Crippen molar-refractivity contribution >= 4 is 22.7 Å². The standard InChI is InChI=1S/C14H19N3S2/c1-15-7-13-3-2-5-17(13)8-12-10-19-14(16-12)11-4-6-18-9-11/h4,6,9-10,13,15H,2-3,5,7-8H2,1H3. The fourth-order valence-corrected chi connectivity index (χ4v) is 4.20. The van der Waals surface area contributed by atoms with Gasteiger partial charge < -0.3 is 5.32 Å². The minimum Gasteiger partial charge on any atom is -0.318 e. The summed E-state index contributed by atoms with van der Waals surface area (Å²) in [6.45, 7) is 3.28. The topological polar surface area (TPSA) is 28.2 Å². The molecule has 2 aromatic heterocycles. The van der Waals surface area contributed by atoms with Gasteiger partial charge >= 0.3 is 0 Å². The Morgan fingerprint density at radius 3 is 3.21 bits per heavy atom. The van der Waals surface area contributed by atoms with Crippen LogP contribution in [0.4, 0.5) is 0 Å². The second-order valence-electron chi connectivity index (χ2n) is 4.98. The summed E-state index contributed by atoms with van der Waals surface area (Å²) >= 11 is 3.49. The second-order valence-corrected chi connectivity index (χ2v) is 6.62. The number of thiophene rings is 1. The molecule has 5 heteroatoms. The molecular weight excluding hydrogens is 274 g/mol. The SMILES string of the molecule is CNCC1CCCN1Cc1csc(-c2ccsc2)n1. The van der Waals surface area contributed by atoms with Crippen molar-refractivity contribution in [2.75, 3.05) is 20.1 Å². The summed E-state index contributed by atoms with van der Waals surface area (Å²) < 4.78 is 0. The molecule has 0 spiro atoms. The highest BCUT2D eigenvalue weighted by Crippen LogP contribution is 2.27. The van der Waals surface area contributed by atoms with Crippen LogP contribution in [-0.2, 0) is 6.54 Å². The Hall–Kier alpha value is -0.750. The van der Waals surface area contributed by atoms with Crippen LogP contribution >= 0.6 is 22.7 Å². The molecule has 1 N–H and O–H groups in total. The average Bonchev–Trinajstić information content (AvgIpc) is 3.12. The first-order valence-corrected chi connectivity index (χ1v) is 8.54. The molecule has 1 saturated heterocycles. The van der Waals surface area contributed by atoms with Crippen LogP contribution in [0.25, 0.3) is 10.6 Å². The van der Waals surface area contributed by atoms with E-state index in [4.69, 9.17) is 4.98 Å². The third-order valence-corrected chi connectivity index (χ3v) is 5.25. The van der Waals surface area contributed by atoms with E-state index in [-0.39, 0.29) is 0 Å². The van der Waals surface area contributed by atoms with E-state index in [0.717, 1.165) is 18.1 Å². The van der Waals surface area contributed by atoms with E-state index in [9.17, 15) is 0 Å². The van der Waals surface area contributed by atoms with Crippen LogP contribution in [0.2, 0.25) is 0 Å². The molecule has 3 heterocycles. The minimum absolute atomic E-state index is 0.677. The summed E-state index contributed by atoms with van der Waals surface area (Å²) in [6.07, 6.45) is 2.62. The van der Waals surface area contributed by atoms with E-state index in [1.54, 1.807) is 22.7 Å². The lowest BCUT2D eigenvalue weighted by Crippen LogP contribution is -2.36. The van der Waals surface area contributed by atoms with Gasteiger partial charge in [-0.1, -0.05) is 0 Å². The number of nitrogens with one attached hydrogen (secondary N) is 1. The van der Waals surface area contributed by atoms with Crippen LogP contribution in [0.5, 0.6) is 0 Å². The van der Waals surface area contributed by atoms with Crippen LogP contribution < -0.4 is 5.32 Å². The first kappa shape index (κ1) is 13.2. The Balaban J connectivity index is 1.67. The molecular formula is C14H19N3S2. The van der Waals surface area contributed by atoms with Crippen LogP contribution in [0.1, 0.15) is 18.5 Å². The van der Waals surface area contributed by atoms with Gasteiger partial charge in [0.2, 0.25) is 0 Å². The molecule has 0 aromatic carbocycles. The molecule has 1 fully saturated rings. The monoisotopic (exact) mass is 293 g/mol. The summed E-state index contributed by atoms with van der Waals surface area (Å²) in [5.41, 5.74) is 2.48. The van der Waals surface area contributed by atoms with Gasteiger partial charge in [0.1, 0.15) is 5.01 Å². The van der Waals surface area contributed by atoms with Gasteiger partial charge in [0, 0.05) is 35.5 Å². The maximum Gasteiger partial charge on any atom is 0.124 e. The van der Waals surface area contributed by atoms with Gasteiger partial charge in [0.05, 0.1) is 5.69 Å². The van der Waals surface area contributed by atoms with Crippen molar-refractivity contribution in [3.05, 3.63) is 27.9 Å². The maximum absolute atomic E-state index is 4.77. The lowest BCUT2D eigenvalue weighted by molar-refractivity contribution is 0.240. The number of likely N-dealkylation sites (N-methyl/N-ethyl adjacent to an activating group) is 1. The molecule has 3 rings (SSSR count). The normalized spacial score (nSPS) is 20.2. The van der Waals surface area contributed by atoms with Crippen molar-refractivity contribution < 1.29 is 0 Å². The van der Waals surface area contributed by atoms with Gasteiger partial charge in [-0.3, -0.25) is 4.90 Å². The fourth-order valence-electron chi connectivity index (χ4n) is 2.68. The Morgan fingerprint density at radius 1 is 1.47 bits per heavy atom. The largest absolute Gasteiger partial charge is 0.318 e. The first-order chi connectivity index (χ1) is 9.36. The van der Waals surface area contributed by atoms with Gasteiger partial charge in [-0.05, 0) is 37.9 Å². The molecule has 3 nitrogen and oxygen atoms in total. The maximum atomic E-state index is 4.77. The average molecular weight is 293 g/mol. The lowest BCUT2D eigenvalue weighted by atomic mass is 10.2. The zero-order chi connectivity index (χ0) is 13.1. The zero-order valence-corrected chi connectivity index (χ0v) is 12.8. The van der Waals surface area contributed by atoms with Crippen molar-refractivity contribution in [3.63, 3.8) is 0 Å². The van der Waals surface area contributed by atoms with E-state index >= 15 is 0 Å². The summed E-state index contributed by atoms with van der Waals surface area (Å²) in [7, 11) is 2.04. The van der Waals surface area contributed by atoms with E-state index in [0.29, 0.717) is 6.04 Å². The van der Waals surface area contributed by atoms with Crippen molar-refractivity contribution in [1.82, 2.24) is 15.2 Å². The van der Waals surface area contributed by atoms with E-state index in [2.05, 4.69) is 32.4 Å². The molecule has 102 valence electrons. The molecule has 1 aliphatic heterocycles. The van der Waals surface area contributed by atoms with Crippen molar-refractivity contribution in [2.24, 2.45) is 0 Å². The van der Waals surface area contributed by atoms with E-state index in [1.165, 1.54) is 30.6 Å². The molecule has 1 atom stereocenters. The Labute approximate surface area is 122 Å². The molecule has 1 unspecified atom stereocenters. The van der Waals surface area contributed by atoms with Gasteiger partial charge in [-0.15, -0.1) is 11.3 Å². The molecule has 0 amide bonds. The quantitative estimate of drug-likeness (QED) is 0.918. The fraction of sp³-hybridized carbons (Fsp3) is 0.500. The van der Waals surface area contributed by atoms with E-state index in [1.807, 2.05) is 7.05 Å². The number of aromatic nitrogens is 1. The van der Waals surface area contributed by atoms with Crippen LogP contribution in [0.15, 0.2) is 22.2 Å². The molecule has 19 heavy (non-hydrogen) atoms. The number of hydrogen-bond acceptors (Lipinski definition) is 5. The van der Waals surface area contributed by atoms with Crippen LogP contribution in [-0.4, -0.2) is 36.1 Å². The number of rotatable bonds is 5. The van der Waals surface area contributed by atoms with Gasteiger partial charge in [-0.25, -0.2) is 4.98 Å². The van der Waals surface area contributed by atoms with Crippen LogP contribution in [0.3, 0.4) is 0 Å². The smallest absolute Gasteiger partial charge is 0.124 e. The Kier molecular flexibility index (Phi) is 4.28. The summed E-state index contributed by atoms with van der Waals surface area (Å²) in [6, 6.07) is 2.82. The highest BCUT2D eigenvalue weighted by molar-refractivity contribution is 7.14. The second kappa shape index (κ2) is 6.13. The van der Waals surface area contributed by atoms with Gasteiger partial charge in [-0.2, -0.15) is 11.3 Å². The Bertz CT molecular complexity index is 507. The minimum atomic E-state index is 0.677. The van der Waals surface area contributed by atoms with Crippen molar-refractivity contribution in [1.29, 1.82) is 0 Å². The molecule has 0 saturated carbocycles. The predicted molar refractivity (Wildman–Crippen MR) is 82.8 cm³/mol. The molecule has 0 bridgehead atoms. The van der Waals surface area contributed by atoms with Crippen molar-refractivity contribution in [3.8, 4) is 10.6 Å². The first-order valence-electron chi connectivity index (χ1n) is 6.72. The summed E-state index contributed by atoms with van der Waals surface area (Å²) in [4.78, 5) is 7.33. The zero-order valence-electron chi connectivity index (χ0n) is 11.1. The number of nitrogens with zero attached hydrogens (tertiary/aromatic N) is 2. The number of likely N-dealkylation sites (tertiary alicyclic amines) is 1. The number of thiazole rings is 1. The highest BCUT2D eigenvalue weighted by atomic mass is 32.1. The van der Waals surface area contributed by atoms with Crippen molar-refractivity contribution in [2.45, 2.75) is 25.4 Å². The van der Waals surface area contributed by atoms with Gasteiger partial charge in [0.15, 0.2) is 0 Å². The molecule has 0 aliphatic carbocycles. The summed E-state index contributed by atoms with van der Waals surface area (Å²) in [5, 5.41) is 10.9. The number of hydrogen-bond donors (Lipinski definition) is 1. The molecule has 2 aromatic rings. The third-order valence-electron chi connectivity index (χ3n) is 3.62. The predicted octanol–water partition coefficient (Wildman–Crippen LogP) is 3.06. The highest BCUT2D eigenvalue weighted by Gasteiger charge is 2.24. The third kappa shape index (κ3) is 3.05. The molecule has 0 radical (unpaired) electrons. The van der Waals surface area contributed by atoms with E-state index < -0.39 is 0 Å². The summed E-state index contributed by atoms with van der Waals surface area (Å²) in [5.74, 6) is 0. The van der Waals surface area contributed by atoms with Gasteiger partial charge in [0.25, 0.3) is 0 Å². The lowest BCUT2D eigenvalue weighted by Gasteiger charge is -2.23.